The molecule has 0 bridgehead atoms. The SMILES string of the molecule is Cc1noc(C)c1S(=O)(=O)N1CCC[C@H]1C(=O)Nc1ccc(C(=O)N(C)C)cc1. The second-order valence-electron chi connectivity index (χ2n) is 7.19. The van der Waals surface area contributed by atoms with Crippen LogP contribution in [0.15, 0.2) is 33.7 Å². The third-order valence-corrected chi connectivity index (χ3v) is 7.00. The third-order valence-electron chi connectivity index (χ3n) is 4.85. The van der Waals surface area contributed by atoms with Crippen molar-refractivity contribution in [1.82, 2.24) is 14.4 Å². The average Bonchev–Trinajstić information content (AvgIpc) is 3.29. The Morgan fingerprint density at radius 3 is 2.41 bits per heavy atom. The summed E-state index contributed by atoms with van der Waals surface area (Å²) in [7, 11) is -0.587. The molecule has 1 aliphatic heterocycles. The van der Waals surface area contributed by atoms with E-state index >= 15 is 0 Å². The van der Waals surface area contributed by atoms with Crippen LogP contribution in [0.1, 0.15) is 34.7 Å². The Morgan fingerprint density at radius 2 is 1.86 bits per heavy atom. The van der Waals surface area contributed by atoms with Crippen LogP contribution in [0.3, 0.4) is 0 Å². The molecule has 156 valence electrons. The lowest BCUT2D eigenvalue weighted by atomic mass is 10.1. The molecular weight excluding hydrogens is 396 g/mol. The first-order valence-electron chi connectivity index (χ1n) is 9.20. The van der Waals surface area contributed by atoms with Crippen molar-refractivity contribution in [1.29, 1.82) is 0 Å². The van der Waals surface area contributed by atoms with Crippen LogP contribution in [0.2, 0.25) is 0 Å². The highest BCUT2D eigenvalue weighted by atomic mass is 32.2. The number of rotatable bonds is 5. The van der Waals surface area contributed by atoms with Gasteiger partial charge in [0.05, 0.1) is 0 Å². The number of carbonyl (C=O) groups excluding carboxylic acids is 2. The van der Waals surface area contributed by atoms with Crippen molar-refractivity contribution in [2.75, 3.05) is 26.0 Å². The fraction of sp³-hybridized carbons (Fsp3) is 0.421. The minimum absolute atomic E-state index is 0.0174. The molecule has 0 radical (unpaired) electrons. The van der Waals surface area contributed by atoms with Crippen molar-refractivity contribution in [3.05, 3.63) is 41.3 Å². The minimum Gasteiger partial charge on any atom is -0.360 e. The average molecular weight is 420 g/mol. The second kappa shape index (κ2) is 7.96. The molecule has 1 fully saturated rings. The quantitative estimate of drug-likeness (QED) is 0.789. The van der Waals surface area contributed by atoms with E-state index < -0.39 is 22.0 Å². The Bertz CT molecular complexity index is 1010. The number of hydrogen-bond acceptors (Lipinski definition) is 6. The second-order valence-corrected chi connectivity index (χ2v) is 9.02. The van der Waals surface area contributed by atoms with Crippen molar-refractivity contribution in [2.45, 2.75) is 37.6 Å². The smallest absolute Gasteiger partial charge is 0.253 e. The monoisotopic (exact) mass is 420 g/mol. The van der Waals surface area contributed by atoms with Crippen molar-refractivity contribution >= 4 is 27.5 Å². The number of amides is 2. The van der Waals surface area contributed by atoms with Crippen molar-refractivity contribution in [2.24, 2.45) is 0 Å². The molecule has 0 saturated carbocycles. The number of benzene rings is 1. The molecule has 10 heteroatoms. The van der Waals surface area contributed by atoms with Gasteiger partial charge in [0.2, 0.25) is 15.9 Å². The first-order chi connectivity index (χ1) is 13.6. The van der Waals surface area contributed by atoms with Crippen LogP contribution < -0.4 is 5.32 Å². The molecule has 2 amide bonds. The first kappa shape index (κ1) is 21.0. The molecule has 0 aliphatic carbocycles. The van der Waals surface area contributed by atoms with Gasteiger partial charge in [0.15, 0.2) is 5.76 Å². The highest BCUT2D eigenvalue weighted by Crippen LogP contribution is 2.30. The zero-order valence-electron chi connectivity index (χ0n) is 16.8. The molecule has 29 heavy (non-hydrogen) atoms. The van der Waals surface area contributed by atoms with E-state index in [1.165, 1.54) is 16.1 Å². The van der Waals surface area contributed by atoms with Crippen LogP contribution in [-0.2, 0) is 14.8 Å². The summed E-state index contributed by atoms with van der Waals surface area (Å²) in [5.41, 5.74) is 1.26. The van der Waals surface area contributed by atoms with Gasteiger partial charge in [-0.15, -0.1) is 0 Å². The Morgan fingerprint density at radius 1 is 1.21 bits per heavy atom. The van der Waals surface area contributed by atoms with E-state index in [4.69, 9.17) is 4.52 Å². The number of nitrogens with zero attached hydrogens (tertiary/aromatic N) is 3. The van der Waals surface area contributed by atoms with Gasteiger partial charge in [0.25, 0.3) is 5.91 Å². The molecule has 9 nitrogen and oxygen atoms in total. The topological polar surface area (TPSA) is 113 Å². The third kappa shape index (κ3) is 4.03. The van der Waals surface area contributed by atoms with Crippen LogP contribution in [0.25, 0.3) is 0 Å². The Labute approximate surface area is 169 Å². The summed E-state index contributed by atoms with van der Waals surface area (Å²) in [5, 5.41) is 6.46. The summed E-state index contributed by atoms with van der Waals surface area (Å²) >= 11 is 0. The molecule has 1 saturated heterocycles. The summed E-state index contributed by atoms with van der Waals surface area (Å²) in [6.45, 7) is 3.35. The van der Waals surface area contributed by atoms with E-state index in [0.717, 1.165) is 0 Å². The summed E-state index contributed by atoms with van der Waals surface area (Å²) in [5.74, 6) is -0.352. The molecule has 1 aromatic heterocycles. The van der Waals surface area contributed by atoms with E-state index in [0.29, 0.717) is 24.1 Å². The predicted octanol–water partition coefficient (Wildman–Crippen LogP) is 1.79. The van der Waals surface area contributed by atoms with E-state index in [9.17, 15) is 18.0 Å². The molecule has 2 aromatic rings. The van der Waals surface area contributed by atoms with Crippen LogP contribution >= 0.6 is 0 Å². The standard InChI is InChI=1S/C19H24N4O5S/c1-12-17(13(2)28-21-12)29(26,27)23-11-5-6-16(23)18(24)20-15-9-7-14(8-10-15)19(25)22(3)4/h7-10,16H,5-6,11H2,1-4H3,(H,20,24)/t16-/m0/s1. The number of aromatic nitrogens is 1. The summed E-state index contributed by atoms with van der Waals surface area (Å²) in [6.07, 6.45) is 1.00. The zero-order valence-corrected chi connectivity index (χ0v) is 17.6. The molecule has 1 N–H and O–H groups in total. The van der Waals surface area contributed by atoms with Crippen LogP contribution in [0.4, 0.5) is 5.69 Å². The van der Waals surface area contributed by atoms with E-state index in [1.807, 2.05) is 0 Å². The summed E-state index contributed by atoms with van der Waals surface area (Å²) < 4.78 is 32.4. The van der Waals surface area contributed by atoms with Gasteiger partial charge in [-0.1, -0.05) is 5.16 Å². The molecule has 0 unspecified atom stereocenters. The number of carbonyl (C=O) groups is 2. The number of aryl methyl sites for hydroxylation is 2. The molecular formula is C19H24N4O5S. The van der Waals surface area contributed by atoms with Gasteiger partial charge < -0.3 is 14.7 Å². The van der Waals surface area contributed by atoms with E-state index in [-0.39, 0.29) is 28.8 Å². The largest absolute Gasteiger partial charge is 0.360 e. The van der Waals surface area contributed by atoms with Gasteiger partial charge >= 0.3 is 0 Å². The Kier molecular flexibility index (Phi) is 5.76. The molecule has 2 heterocycles. The van der Waals surface area contributed by atoms with Crippen molar-refractivity contribution < 1.29 is 22.5 Å². The van der Waals surface area contributed by atoms with Gasteiger partial charge in [-0.25, -0.2) is 8.42 Å². The van der Waals surface area contributed by atoms with Crippen LogP contribution in [0.5, 0.6) is 0 Å². The van der Waals surface area contributed by atoms with Gasteiger partial charge in [0.1, 0.15) is 16.6 Å². The highest BCUT2D eigenvalue weighted by molar-refractivity contribution is 7.89. The fourth-order valence-electron chi connectivity index (χ4n) is 3.43. The normalized spacial score (nSPS) is 17.3. The number of nitrogens with one attached hydrogen (secondary N) is 1. The Balaban J connectivity index is 1.78. The minimum atomic E-state index is -3.90. The maximum atomic E-state index is 13.1. The van der Waals surface area contributed by atoms with Gasteiger partial charge in [-0.2, -0.15) is 4.31 Å². The predicted molar refractivity (Wildman–Crippen MR) is 106 cm³/mol. The Hall–Kier alpha value is -2.72. The van der Waals surface area contributed by atoms with Crippen LogP contribution in [0, 0.1) is 13.8 Å². The molecule has 1 aliphatic rings. The van der Waals surface area contributed by atoms with Gasteiger partial charge in [-0.3, -0.25) is 9.59 Å². The summed E-state index contributed by atoms with van der Waals surface area (Å²) in [4.78, 5) is 26.2. The van der Waals surface area contributed by atoms with Crippen molar-refractivity contribution in [3.8, 4) is 0 Å². The van der Waals surface area contributed by atoms with Gasteiger partial charge in [0, 0.05) is 31.9 Å². The lowest BCUT2D eigenvalue weighted by Crippen LogP contribution is -2.43. The molecule has 1 atom stereocenters. The summed E-state index contributed by atoms with van der Waals surface area (Å²) in [6, 6.07) is 5.65. The highest BCUT2D eigenvalue weighted by Gasteiger charge is 2.41. The molecule has 0 spiro atoms. The first-order valence-corrected chi connectivity index (χ1v) is 10.6. The maximum absolute atomic E-state index is 13.1. The lowest BCUT2D eigenvalue weighted by molar-refractivity contribution is -0.119. The van der Waals surface area contributed by atoms with Crippen molar-refractivity contribution in [3.63, 3.8) is 0 Å². The number of sulfonamides is 1. The fourth-order valence-corrected chi connectivity index (χ4v) is 5.38. The number of hydrogen-bond donors (Lipinski definition) is 1. The molecule has 3 rings (SSSR count). The number of anilines is 1. The van der Waals surface area contributed by atoms with E-state index in [1.54, 1.807) is 45.3 Å². The maximum Gasteiger partial charge on any atom is 0.253 e. The van der Waals surface area contributed by atoms with Gasteiger partial charge in [-0.05, 0) is 51.0 Å². The zero-order chi connectivity index (χ0) is 21.3. The van der Waals surface area contributed by atoms with Crippen LogP contribution in [-0.4, -0.2) is 61.3 Å². The molecule has 1 aromatic carbocycles. The lowest BCUT2D eigenvalue weighted by Gasteiger charge is -2.23. The van der Waals surface area contributed by atoms with E-state index in [2.05, 4.69) is 10.5 Å².